The highest BCUT2D eigenvalue weighted by molar-refractivity contribution is 14.1. The van der Waals surface area contributed by atoms with Crippen LogP contribution in [-0.4, -0.2) is 14.2 Å². The fourth-order valence-corrected chi connectivity index (χ4v) is 1.85. The van der Waals surface area contributed by atoms with Crippen LogP contribution in [0.2, 0.25) is 0 Å². The van der Waals surface area contributed by atoms with E-state index in [1.165, 1.54) is 12.1 Å². The van der Waals surface area contributed by atoms with Gasteiger partial charge in [0.25, 0.3) is 10.0 Å². The van der Waals surface area contributed by atoms with Gasteiger partial charge in [0, 0.05) is 9.26 Å². The highest BCUT2D eigenvalue weighted by atomic mass is 127. The number of hydrogen-bond acceptors (Lipinski definition) is 2. The molecular weight excluding hydrogens is 327 g/mol. The minimum absolute atomic E-state index is 0.136. The Morgan fingerprint density at radius 3 is 2.50 bits per heavy atom. The van der Waals surface area contributed by atoms with Gasteiger partial charge in [-0.3, -0.25) is 4.72 Å². The molecular formula is C7H6F2INO2S. The SMILES string of the molecule is O=S(=O)(Nc1cccc(I)c1)C(F)F. The second-order valence-electron chi connectivity index (χ2n) is 2.42. The number of halogens is 3. The van der Waals surface area contributed by atoms with E-state index in [1.807, 2.05) is 22.6 Å². The van der Waals surface area contributed by atoms with E-state index in [0.29, 0.717) is 0 Å². The maximum atomic E-state index is 11.9. The summed E-state index contributed by atoms with van der Waals surface area (Å²) in [5.74, 6) is -3.42. The van der Waals surface area contributed by atoms with Crippen molar-refractivity contribution in [3.05, 3.63) is 27.8 Å². The average molecular weight is 333 g/mol. The number of alkyl halides is 2. The number of hydrogen-bond donors (Lipinski definition) is 1. The van der Waals surface area contributed by atoms with E-state index >= 15 is 0 Å². The van der Waals surface area contributed by atoms with Crippen molar-refractivity contribution >= 4 is 38.3 Å². The summed E-state index contributed by atoms with van der Waals surface area (Å²) >= 11 is 1.95. The minimum Gasteiger partial charge on any atom is -0.279 e. The van der Waals surface area contributed by atoms with E-state index < -0.39 is 15.8 Å². The summed E-state index contributed by atoms with van der Waals surface area (Å²) in [7, 11) is -4.55. The highest BCUT2D eigenvalue weighted by Gasteiger charge is 2.23. The van der Waals surface area contributed by atoms with Gasteiger partial charge in [-0.15, -0.1) is 0 Å². The summed E-state index contributed by atoms with van der Waals surface area (Å²) in [5, 5.41) is 0. The maximum Gasteiger partial charge on any atom is 0.355 e. The molecule has 3 nitrogen and oxygen atoms in total. The lowest BCUT2D eigenvalue weighted by Gasteiger charge is -2.06. The van der Waals surface area contributed by atoms with Crippen LogP contribution in [0.5, 0.6) is 0 Å². The zero-order valence-electron chi connectivity index (χ0n) is 6.75. The van der Waals surface area contributed by atoms with Gasteiger partial charge in [0.05, 0.1) is 0 Å². The van der Waals surface area contributed by atoms with Crippen LogP contribution in [0.25, 0.3) is 0 Å². The first-order chi connectivity index (χ1) is 6.42. The lowest BCUT2D eigenvalue weighted by atomic mass is 10.3. The van der Waals surface area contributed by atoms with Gasteiger partial charge in [-0.05, 0) is 40.8 Å². The van der Waals surface area contributed by atoms with Gasteiger partial charge in [-0.25, -0.2) is 8.42 Å². The summed E-state index contributed by atoms with van der Waals surface area (Å²) in [4.78, 5) is 0. The Kier molecular flexibility index (Phi) is 3.65. The van der Waals surface area contributed by atoms with Crippen LogP contribution < -0.4 is 4.72 Å². The van der Waals surface area contributed by atoms with E-state index in [2.05, 4.69) is 0 Å². The van der Waals surface area contributed by atoms with Gasteiger partial charge in [-0.2, -0.15) is 8.78 Å². The molecule has 0 aliphatic rings. The molecule has 1 aromatic carbocycles. The maximum absolute atomic E-state index is 11.9. The molecule has 0 aliphatic heterocycles. The van der Waals surface area contributed by atoms with E-state index in [1.54, 1.807) is 16.9 Å². The molecule has 0 amide bonds. The van der Waals surface area contributed by atoms with E-state index in [-0.39, 0.29) is 5.69 Å². The predicted octanol–water partition coefficient (Wildman–Crippen LogP) is 2.26. The van der Waals surface area contributed by atoms with Gasteiger partial charge >= 0.3 is 5.76 Å². The second kappa shape index (κ2) is 4.39. The normalized spacial score (nSPS) is 11.7. The van der Waals surface area contributed by atoms with Crippen LogP contribution in [0.1, 0.15) is 0 Å². The molecule has 1 rings (SSSR count). The molecule has 7 heteroatoms. The summed E-state index contributed by atoms with van der Waals surface area (Å²) in [6, 6.07) is 6.16. The second-order valence-corrected chi connectivity index (χ2v) is 5.31. The number of anilines is 1. The van der Waals surface area contributed by atoms with Crippen molar-refractivity contribution in [2.45, 2.75) is 5.76 Å². The van der Waals surface area contributed by atoms with Gasteiger partial charge in [0.1, 0.15) is 0 Å². The topological polar surface area (TPSA) is 46.2 Å². The van der Waals surface area contributed by atoms with Gasteiger partial charge in [-0.1, -0.05) is 6.07 Å². The molecule has 0 saturated heterocycles. The third-order valence-corrected chi connectivity index (χ3v) is 2.98. The Hall–Kier alpha value is -0.440. The van der Waals surface area contributed by atoms with Crippen molar-refractivity contribution in [1.29, 1.82) is 0 Å². The monoisotopic (exact) mass is 333 g/mol. The number of benzene rings is 1. The van der Waals surface area contributed by atoms with Gasteiger partial charge in [0.15, 0.2) is 0 Å². The van der Waals surface area contributed by atoms with Crippen molar-refractivity contribution in [2.75, 3.05) is 4.72 Å². The summed E-state index contributed by atoms with van der Waals surface area (Å²) in [6.07, 6.45) is 0. The molecule has 78 valence electrons. The van der Waals surface area contributed by atoms with Crippen molar-refractivity contribution in [3.63, 3.8) is 0 Å². The Balaban J connectivity index is 2.90. The van der Waals surface area contributed by atoms with Crippen LogP contribution in [0.3, 0.4) is 0 Å². The molecule has 0 saturated carbocycles. The zero-order chi connectivity index (χ0) is 10.8. The summed E-state index contributed by atoms with van der Waals surface area (Å²) < 4.78 is 47.9. The quantitative estimate of drug-likeness (QED) is 0.863. The van der Waals surface area contributed by atoms with Crippen molar-refractivity contribution < 1.29 is 17.2 Å². The Morgan fingerprint density at radius 2 is 2.00 bits per heavy atom. The number of sulfonamides is 1. The van der Waals surface area contributed by atoms with Crippen LogP contribution in [0.4, 0.5) is 14.5 Å². The van der Waals surface area contributed by atoms with Crippen LogP contribution in [0.15, 0.2) is 24.3 Å². The lowest BCUT2D eigenvalue weighted by Crippen LogP contribution is -2.20. The molecule has 0 fully saturated rings. The molecule has 0 unspecified atom stereocenters. The number of nitrogens with one attached hydrogen (secondary N) is 1. The van der Waals surface area contributed by atoms with Crippen LogP contribution in [0, 0.1) is 3.57 Å². The first-order valence-electron chi connectivity index (χ1n) is 3.47. The molecule has 1 N–H and O–H groups in total. The van der Waals surface area contributed by atoms with Gasteiger partial charge in [0.2, 0.25) is 0 Å². The Bertz CT molecular complexity index is 421. The Labute approximate surface area is 93.7 Å². The molecule has 0 radical (unpaired) electrons. The third kappa shape index (κ3) is 3.05. The summed E-state index contributed by atoms with van der Waals surface area (Å²) in [5.41, 5.74) is 0.136. The van der Waals surface area contributed by atoms with Crippen molar-refractivity contribution in [2.24, 2.45) is 0 Å². The standard InChI is InChI=1S/C7H6F2INO2S/c8-7(9)14(12,13)11-6-3-1-2-5(10)4-6/h1-4,7,11H. The molecule has 0 heterocycles. The zero-order valence-corrected chi connectivity index (χ0v) is 9.72. The Morgan fingerprint density at radius 1 is 1.36 bits per heavy atom. The van der Waals surface area contributed by atoms with Crippen LogP contribution >= 0.6 is 22.6 Å². The predicted molar refractivity (Wildman–Crippen MR) is 57.7 cm³/mol. The van der Waals surface area contributed by atoms with Crippen LogP contribution in [-0.2, 0) is 10.0 Å². The largest absolute Gasteiger partial charge is 0.355 e. The first-order valence-corrected chi connectivity index (χ1v) is 6.10. The molecule has 0 aromatic heterocycles. The van der Waals surface area contributed by atoms with E-state index in [0.717, 1.165) is 3.57 Å². The average Bonchev–Trinajstić information content (AvgIpc) is 2.02. The van der Waals surface area contributed by atoms with Crippen molar-refractivity contribution in [1.82, 2.24) is 0 Å². The highest BCUT2D eigenvalue weighted by Crippen LogP contribution is 2.16. The number of rotatable bonds is 3. The first kappa shape index (κ1) is 11.6. The fraction of sp³-hybridized carbons (Fsp3) is 0.143. The molecule has 0 bridgehead atoms. The molecule has 0 aliphatic carbocycles. The molecule has 14 heavy (non-hydrogen) atoms. The molecule has 0 spiro atoms. The minimum atomic E-state index is -4.55. The summed E-state index contributed by atoms with van der Waals surface area (Å²) in [6.45, 7) is 0. The van der Waals surface area contributed by atoms with Crippen molar-refractivity contribution in [3.8, 4) is 0 Å². The lowest BCUT2D eigenvalue weighted by molar-refractivity contribution is 0.236. The van der Waals surface area contributed by atoms with E-state index in [4.69, 9.17) is 0 Å². The third-order valence-electron chi connectivity index (χ3n) is 1.32. The van der Waals surface area contributed by atoms with Gasteiger partial charge < -0.3 is 0 Å². The molecule has 1 aromatic rings. The fourth-order valence-electron chi connectivity index (χ4n) is 0.761. The smallest absolute Gasteiger partial charge is 0.279 e. The van der Waals surface area contributed by atoms with E-state index in [9.17, 15) is 17.2 Å². The molecule has 0 atom stereocenters.